The van der Waals surface area contributed by atoms with E-state index in [1.54, 1.807) is 7.11 Å². The van der Waals surface area contributed by atoms with E-state index in [1.165, 1.54) is 12.0 Å². The van der Waals surface area contributed by atoms with Crippen LogP contribution in [0.15, 0.2) is 24.3 Å². The molecule has 0 saturated carbocycles. The van der Waals surface area contributed by atoms with Crippen LogP contribution in [-0.2, 0) is 4.74 Å². The van der Waals surface area contributed by atoms with Crippen LogP contribution in [0.25, 0.3) is 0 Å². The summed E-state index contributed by atoms with van der Waals surface area (Å²) < 4.78 is 11.1. The van der Waals surface area contributed by atoms with E-state index in [4.69, 9.17) is 15.2 Å². The summed E-state index contributed by atoms with van der Waals surface area (Å²) in [6, 6.07) is 8.46. The summed E-state index contributed by atoms with van der Waals surface area (Å²) in [7, 11) is 1.70. The van der Waals surface area contributed by atoms with Gasteiger partial charge in [0.2, 0.25) is 0 Å². The van der Waals surface area contributed by atoms with Crippen molar-refractivity contribution >= 4 is 0 Å². The summed E-state index contributed by atoms with van der Waals surface area (Å²) in [4.78, 5) is 2.44. The molecule has 0 aromatic heterocycles. The maximum atomic E-state index is 6.02. The average molecular weight is 278 g/mol. The molecule has 0 radical (unpaired) electrons. The Morgan fingerprint density at radius 2 is 2.30 bits per heavy atom. The van der Waals surface area contributed by atoms with Gasteiger partial charge < -0.3 is 15.2 Å². The van der Waals surface area contributed by atoms with E-state index in [2.05, 4.69) is 24.0 Å². The van der Waals surface area contributed by atoms with Gasteiger partial charge in [0, 0.05) is 25.7 Å². The number of piperidine rings is 1. The molecular formula is C16H26N2O2. The number of benzene rings is 1. The molecule has 1 aliphatic heterocycles. The average Bonchev–Trinajstić information content (AvgIpc) is 2.49. The molecule has 1 aliphatic rings. The molecule has 1 fully saturated rings. The van der Waals surface area contributed by atoms with Gasteiger partial charge in [-0.15, -0.1) is 0 Å². The highest BCUT2D eigenvalue weighted by atomic mass is 16.5. The van der Waals surface area contributed by atoms with E-state index < -0.39 is 0 Å². The Morgan fingerprint density at radius 3 is 3.00 bits per heavy atom. The molecule has 0 aliphatic carbocycles. The van der Waals surface area contributed by atoms with E-state index in [9.17, 15) is 0 Å². The van der Waals surface area contributed by atoms with E-state index in [-0.39, 0.29) is 6.04 Å². The van der Waals surface area contributed by atoms with Crippen LogP contribution in [0, 0.1) is 0 Å². The summed E-state index contributed by atoms with van der Waals surface area (Å²) in [6.45, 7) is 5.51. The second kappa shape index (κ2) is 7.62. The van der Waals surface area contributed by atoms with Gasteiger partial charge in [0.05, 0.1) is 13.2 Å². The Labute approximate surface area is 121 Å². The van der Waals surface area contributed by atoms with Gasteiger partial charge in [-0.3, -0.25) is 4.90 Å². The van der Waals surface area contributed by atoms with Gasteiger partial charge in [-0.1, -0.05) is 12.1 Å². The first-order chi connectivity index (χ1) is 9.78. The van der Waals surface area contributed by atoms with Crippen molar-refractivity contribution in [3.8, 4) is 5.75 Å². The highest BCUT2D eigenvalue weighted by Gasteiger charge is 2.26. The number of nitrogens with two attached hydrogens (primary N) is 1. The molecule has 0 amide bonds. The normalized spacial score (nSPS) is 21.6. The maximum Gasteiger partial charge on any atom is 0.119 e. The van der Waals surface area contributed by atoms with E-state index in [1.807, 2.05) is 12.1 Å². The van der Waals surface area contributed by atoms with Gasteiger partial charge in [-0.25, -0.2) is 0 Å². The first kappa shape index (κ1) is 15.3. The Morgan fingerprint density at radius 1 is 1.45 bits per heavy atom. The van der Waals surface area contributed by atoms with Crippen molar-refractivity contribution in [2.45, 2.75) is 31.9 Å². The number of hydrogen-bond acceptors (Lipinski definition) is 4. The fraction of sp³-hybridized carbons (Fsp3) is 0.625. The minimum atomic E-state index is 0.244. The molecule has 1 aromatic rings. The van der Waals surface area contributed by atoms with Crippen LogP contribution in [0.1, 0.15) is 31.4 Å². The number of nitrogens with zero attached hydrogens (tertiary/aromatic N) is 1. The topological polar surface area (TPSA) is 47.7 Å². The second-order valence-electron chi connectivity index (χ2n) is 5.24. The van der Waals surface area contributed by atoms with E-state index in [0.29, 0.717) is 12.6 Å². The second-order valence-corrected chi connectivity index (χ2v) is 5.24. The quantitative estimate of drug-likeness (QED) is 0.866. The zero-order chi connectivity index (χ0) is 14.4. The molecule has 1 heterocycles. The Balaban J connectivity index is 2.10. The minimum absolute atomic E-state index is 0.244. The molecule has 0 spiro atoms. The zero-order valence-electron chi connectivity index (χ0n) is 12.5. The number of likely N-dealkylation sites (tertiary alicyclic amines) is 1. The predicted molar refractivity (Wildman–Crippen MR) is 81.0 cm³/mol. The molecule has 0 bridgehead atoms. The van der Waals surface area contributed by atoms with E-state index in [0.717, 1.165) is 31.9 Å². The molecule has 20 heavy (non-hydrogen) atoms. The minimum Gasteiger partial charge on any atom is -0.497 e. The summed E-state index contributed by atoms with van der Waals surface area (Å²) in [5, 5.41) is 0. The van der Waals surface area contributed by atoms with Crippen LogP contribution in [0.4, 0.5) is 0 Å². The van der Waals surface area contributed by atoms with Crippen LogP contribution in [-0.4, -0.2) is 44.4 Å². The number of methoxy groups -OCH3 is 1. The van der Waals surface area contributed by atoms with Crippen LogP contribution in [0.3, 0.4) is 0 Å². The van der Waals surface area contributed by atoms with E-state index >= 15 is 0 Å². The molecule has 4 nitrogen and oxygen atoms in total. The lowest BCUT2D eigenvalue weighted by atomic mass is 10.0. The largest absolute Gasteiger partial charge is 0.497 e. The van der Waals surface area contributed by atoms with Crippen molar-refractivity contribution in [1.29, 1.82) is 0 Å². The lowest BCUT2D eigenvalue weighted by Gasteiger charge is -2.38. The Bertz CT molecular complexity index is 409. The standard InChI is InChI=1S/C16H26N2O2/c1-3-20-15-8-5-9-18(12-15)16(11-17)13-6-4-7-14(10-13)19-2/h4,6-7,10,15-16H,3,5,8-9,11-12,17H2,1-2H3. The molecule has 1 saturated heterocycles. The van der Waals surface area contributed by atoms with Crippen molar-refractivity contribution in [1.82, 2.24) is 4.90 Å². The number of hydrogen-bond donors (Lipinski definition) is 1. The smallest absolute Gasteiger partial charge is 0.119 e. The van der Waals surface area contributed by atoms with Gasteiger partial charge in [-0.2, -0.15) is 0 Å². The first-order valence-electron chi connectivity index (χ1n) is 7.48. The zero-order valence-corrected chi connectivity index (χ0v) is 12.5. The number of ether oxygens (including phenoxy) is 2. The van der Waals surface area contributed by atoms with Crippen molar-refractivity contribution in [3.63, 3.8) is 0 Å². The number of rotatable bonds is 6. The Kier molecular flexibility index (Phi) is 5.83. The van der Waals surface area contributed by atoms with Crippen LogP contribution in [0.2, 0.25) is 0 Å². The highest BCUT2D eigenvalue weighted by molar-refractivity contribution is 5.30. The van der Waals surface area contributed by atoms with Crippen molar-refractivity contribution in [3.05, 3.63) is 29.8 Å². The van der Waals surface area contributed by atoms with Gasteiger partial charge in [0.15, 0.2) is 0 Å². The third-order valence-electron chi connectivity index (χ3n) is 3.95. The summed E-state index contributed by atoms with van der Waals surface area (Å²) >= 11 is 0. The first-order valence-corrected chi connectivity index (χ1v) is 7.48. The fourth-order valence-electron chi connectivity index (χ4n) is 2.97. The van der Waals surface area contributed by atoms with Crippen molar-refractivity contribution in [2.24, 2.45) is 5.73 Å². The SMILES string of the molecule is CCOC1CCCN(C(CN)c2cccc(OC)c2)C1. The lowest BCUT2D eigenvalue weighted by molar-refractivity contribution is -0.00661. The van der Waals surface area contributed by atoms with Crippen molar-refractivity contribution in [2.75, 3.05) is 33.4 Å². The molecule has 2 atom stereocenters. The van der Waals surface area contributed by atoms with Crippen LogP contribution in [0.5, 0.6) is 5.75 Å². The van der Waals surface area contributed by atoms with Gasteiger partial charge in [-0.05, 0) is 44.0 Å². The van der Waals surface area contributed by atoms with Crippen molar-refractivity contribution < 1.29 is 9.47 Å². The third-order valence-corrected chi connectivity index (χ3v) is 3.95. The Hall–Kier alpha value is -1.10. The third kappa shape index (κ3) is 3.72. The molecule has 2 N–H and O–H groups in total. The molecule has 112 valence electrons. The predicted octanol–water partition coefficient (Wildman–Crippen LogP) is 2.20. The molecular weight excluding hydrogens is 252 g/mol. The lowest BCUT2D eigenvalue weighted by Crippen LogP contribution is -2.44. The fourth-order valence-corrected chi connectivity index (χ4v) is 2.97. The highest BCUT2D eigenvalue weighted by Crippen LogP contribution is 2.27. The molecule has 4 heteroatoms. The molecule has 2 unspecified atom stereocenters. The summed E-state index contributed by atoms with van der Waals surface area (Å²) in [6.07, 6.45) is 2.67. The van der Waals surface area contributed by atoms with Gasteiger partial charge >= 0.3 is 0 Å². The maximum absolute atomic E-state index is 6.02. The summed E-state index contributed by atoms with van der Waals surface area (Å²) in [5.74, 6) is 0.888. The van der Waals surface area contributed by atoms with Gasteiger partial charge in [0.1, 0.15) is 5.75 Å². The summed E-state index contributed by atoms with van der Waals surface area (Å²) in [5.41, 5.74) is 7.25. The van der Waals surface area contributed by atoms with Crippen LogP contribution < -0.4 is 10.5 Å². The van der Waals surface area contributed by atoms with Gasteiger partial charge in [0.25, 0.3) is 0 Å². The van der Waals surface area contributed by atoms with Crippen LogP contribution >= 0.6 is 0 Å². The monoisotopic (exact) mass is 278 g/mol. The molecule has 2 rings (SSSR count). The molecule has 1 aromatic carbocycles.